The van der Waals surface area contributed by atoms with E-state index in [0.717, 1.165) is 32.2 Å². The highest BCUT2D eigenvalue weighted by atomic mass is 16.2. The maximum absolute atomic E-state index is 12.6. The molecule has 3 heteroatoms. The first-order chi connectivity index (χ1) is 10.7. The highest BCUT2D eigenvalue weighted by Gasteiger charge is 2.32. The molecule has 0 saturated heterocycles. The lowest BCUT2D eigenvalue weighted by Gasteiger charge is -2.23. The summed E-state index contributed by atoms with van der Waals surface area (Å²) in [5.74, 6) is 0.305. The van der Waals surface area contributed by atoms with Gasteiger partial charge in [-0.3, -0.25) is 4.79 Å². The Morgan fingerprint density at radius 1 is 1.18 bits per heavy atom. The maximum Gasteiger partial charge on any atom is 0.223 e. The molecule has 0 N–H and O–H groups in total. The average Bonchev–Trinajstić information content (AvgIpc) is 3.29. The van der Waals surface area contributed by atoms with Gasteiger partial charge < -0.3 is 9.47 Å². The number of aryl methyl sites for hydroxylation is 2. The van der Waals surface area contributed by atoms with Gasteiger partial charge in [-0.25, -0.2) is 0 Å². The third-order valence-corrected chi connectivity index (χ3v) is 4.39. The van der Waals surface area contributed by atoms with Gasteiger partial charge in [-0.2, -0.15) is 0 Å². The van der Waals surface area contributed by atoms with Gasteiger partial charge in [-0.05, 0) is 43.4 Å². The largest absolute Gasteiger partial charge is 0.353 e. The summed E-state index contributed by atoms with van der Waals surface area (Å²) >= 11 is 0. The van der Waals surface area contributed by atoms with Crippen LogP contribution >= 0.6 is 0 Å². The second-order valence-corrected chi connectivity index (χ2v) is 6.20. The normalized spacial score (nSPS) is 14.0. The van der Waals surface area contributed by atoms with Crippen molar-refractivity contribution in [3.8, 4) is 0 Å². The minimum atomic E-state index is 0.305. The number of nitrogens with zero attached hydrogens (tertiary/aromatic N) is 2. The van der Waals surface area contributed by atoms with Crippen LogP contribution in [0.2, 0.25) is 0 Å². The van der Waals surface area contributed by atoms with Gasteiger partial charge in [0, 0.05) is 31.4 Å². The summed E-state index contributed by atoms with van der Waals surface area (Å²) in [7, 11) is 2.04. The summed E-state index contributed by atoms with van der Waals surface area (Å²) in [6.45, 7) is 0.748. The zero-order chi connectivity index (χ0) is 15.4. The summed E-state index contributed by atoms with van der Waals surface area (Å²) in [5, 5.41) is 0. The topological polar surface area (TPSA) is 25.2 Å². The minimum absolute atomic E-state index is 0.305. The van der Waals surface area contributed by atoms with Gasteiger partial charge in [0.1, 0.15) is 0 Å². The predicted octanol–water partition coefficient (Wildman–Crippen LogP) is 3.54. The molecule has 1 fully saturated rings. The fourth-order valence-electron chi connectivity index (χ4n) is 2.87. The smallest absolute Gasteiger partial charge is 0.223 e. The molecule has 116 valence electrons. The van der Waals surface area contributed by atoms with E-state index in [-0.39, 0.29) is 0 Å². The van der Waals surface area contributed by atoms with Crippen molar-refractivity contribution < 1.29 is 4.79 Å². The van der Waals surface area contributed by atoms with Crippen molar-refractivity contribution >= 4 is 5.91 Å². The predicted molar refractivity (Wildman–Crippen MR) is 88.4 cm³/mol. The number of benzene rings is 1. The average molecular weight is 296 g/mol. The van der Waals surface area contributed by atoms with Crippen molar-refractivity contribution in [2.75, 3.05) is 0 Å². The zero-order valence-electron chi connectivity index (χ0n) is 13.2. The summed E-state index contributed by atoms with van der Waals surface area (Å²) in [6.07, 6.45) is 6.92. The van der Waals surface area contributed by atoms with Gasteiger partial charge in [0.05, 0.1) is 6.54 Å². The van der Waals surface area contributed by atoms with Crippen molar-refractivity contribution in [3.05, 3.63) is 59.9 Å². The van der Waals surface area contributed by atoms with Crippen LogP contribution in [0.4, 0.5) is 0 Å². The standard InChI is InChI=1S/C19H24N2O/c1-20-14-6-10-18(20)15-21(17-12-13-17)19(22)11-5-9-16-7-3-2-4-8-16/h2-4,6-8,10,14,17H,5,9,11-13,15H2,1H3. The Morgan fingerprint density at radius 3 is 2.59 bits per heavy atom. The van der Waals surface area contributed by atoms with Crippen molar-refractivity contribution in [1.82, 2.24) is 9.47 Å². The van der Waals surface area contributed by atoms with Crippen LogP contribution in [0.1, 0.15) is 36.9 Å². The van der Waals surface area contributed by atoms with Crippen molar-refractivity contribution in [2.45, 2.75) is 44.7 Å². The fraction of sp³-hybridized carbons (Fsp3) is 0.421. The van der Waals surface area contributed by atoms with Crippen LogP contribution in [-0.4, -0.2) is 21.4 Å². The molecule has 22 heavy (non-hydrogen) atoms. The number of carbonyl (C=O) groups is 1. The van der Waals surface area contributed by atoms with E-state index in [1.54, 1.807) is 0 Å². The van der Waals surface area contributed by atoms with Crippen LogP contribution < -0.4 is 0 Å². The second-order valence-electron chi connectivity index (χ2n) is 6.20. The molecule has 0 spiro atoms. The maximum atomic E-state index is 12.6. The molecule has 1 aliphatic rings. The molecule has 1 heterocycles. The Kier molecular flexibility index (Phi) is 4.62. The van der Waals surface area contributed by atoms with Gasteiger partial charge >= 0.3 is 0 Å². The zero-order valence-corrected chi connectivity index (χ0v) is 13.2. The lowest BCUT2D eigenvalue weighted by molar-refractivity contribution is -0.132. The highest BCUT2D eigenvalue weighted by Crippen LogP contribution is 2.29. The van der Waals surface area contributed by atoms with E-state index in [1.165, 1.54) is 11.3 Å². The van der Waals surface area contributed by atoms with Crippen LogP contribution in [0.25, 0.3) is 0 Å². The summed E-state index contributed by atoms with van der Waals surface area (Å²) in [6, 6.07) is 15.0. The number of carbonyl (C=O) groups excluding carboxylic acids is 1. The fourth-order valence-corrected chi connectivity index (χ4v) is 2.87. The molecule has 3 rings (SSSR count). The second kappa shape index (κ2) is 6.82. The van der Waals surface area contributed by atoms with E-state index in [1.807, 2.05) is 25.4 Å². The van der Waals surface area contributed by atoms with E-state index >= 15 is 0 Å². The van der Waals surface area contributed by atoms with Gasteiger partial charge in [-0.15, -0.1) is 0 Å². The highest BCUT2D eigenvalue weighted by molar-refractivity contribution is 5.76. The van der Waals surface area contributed by atoms with Gasteiger partial charge in [-0.1, -0.05) is 30.3 Å². The number of hydrogen-bond acceptors (Lipinski definition) is 1. The molecule has 0 atom stereocenters. The lowest BCUT2D eigenvalue weighted by atomic mass is 10.1. The molecule has 0 radical (unpaired) electrons. The van der Waals surface area contributed by atoms with Crippen LogP contribution in [0.15, 0.2) is 48.7 Å². The third kappa shape index (κ3) is 3.79. The SMILES string of the molecule is Cn1cccc1CN(C(=O)CCCc1ccccc1)C1CC1. The van der Waals surface area contributed by atoms with Crippen LogP contribution in [-0.2, 0) is 24.8 Å². The molecule has 1 aromatic carbocycles. The van der Waals surface area contributed by atoms with E-state index < -0.39 is 0 Å². The lowest BCUT2D eigenvalue weighted by Crippen LogP contribution is -2.33. The third-order valence-electron chi connectivity index (χ3n) is 4.39. The Hall–Kier alpha value is -2.03. The van der Waals surface area contributed by atoms with E-state index in [2.05, 4.69) is 39.8 Å². The number of amides is 1. The molecule has 3 nitrogen and oxygen atoms in total. The Balaban J connectivity index is 1.53. The monoisotopic (exact) mass is 296 g/mol. The summed E-state index contributed by atoms with van der Waals surface area (Å²) in [4.78, 5) is 14.7. The summed E-state index contributed by atoms with van der Waals surface area (Å²) in [5.41, 5.74) is 2.53. The van der Waals surface area contributed by atoms with Crippen molar-refractivity contribution in [1.29, 1.82) is 0 Å². The molecule has 1 saturated carbocycles. The molecular weight excluding hydrogens is 272 g/mol. The molecule has 1 amide bonds. The molecule has 0 aliphatic heterocycles. The van der Waals surface area contributed by atoms with Crippen molar-refractivity contribution in [2.24, 2.45) is 7.05 Å². The van der Waals surface area contributed by atoms with Crippen LogP contribution in [0, 0.1) is 0 Å². The molecule has 1 aromatic heterocycles. The van der Waals surface area contributed by atoms with E-state index in [9.17, 15) is 4.79 Å². The van der Waals surface area contributed by atoms with Gasteiger partial charge in [0.25, 0.3) is 0 Å². The Morgan fingerprint density at radius 2 is 1.95 bits per heavy atom. The minimum Gasteiger partial charge on any atom is -0.353 e. The van der Waals surface area contributed by atoms with E-state index in [0.29, 0.717) is 18.4 Å². The number of aromatic nitrogens is 1. The molecule has 1 aliphatic carbocycles. The first-order valence-corrected chi connectivity index (χ1v) is 8.17. The number of hydrogen-bond donors (Lipinski definition) is 0. The molecule has 0 bridgehead atoms. The molecule has 2 aromatic rings. The van der Waals surface area contributed by atoms with Gasteiger partial charge in [0.15, 0.2) is 0 Å². The van der Waals surface area contributed by atoms with E-state index in [4.69, 9.17) is 0 Å². The Labute approximate surface area is 132 Å². The quantitative estimate of drug-likeness (QED) is 0.767. The summed E-state index contributed by atoms with van der Waals surface area (Å²) < 4.78 is 2.10. The Bertz CT molecular complexity index is 613. The molecular formula is C19H24N2O. The number of rotatable bonds is 7. The van der Waals surface area contributed by atoms with Crippen molar-refractivity contribution in [3.63, 3.8) is 0 Å². The van der Waals surface area contributed by atoms with Crippen LogP contribution in [0.5, 0.6) is 0 Å². The molecule has 0 unspecified atom stereocenters. The van der Waals surface area contributed by atoms with Gasteiger partial charge in [0.2, 0.25) is 5.91 Å². The van der Waals surface area contributed by atoms with Crippen LogP contribution in [0.3, 0.4) is 0 Å². The first kappa shape index (κ1) is 14.9. The first-order valence-electron chi connectivity index (χ1n) is 8.17.